The summed E-state index contributed by atoms with van der Waals surface area (Å²) < 4.78 is 0. The highest BCUT2D eigenvalue weighted by Crippen LogP contribution is 2.36. The minimum absolute atomic E-state index is 0.0311. The number of nitrogens with zero attached hydrogens (tertiary/aromatic N) is 1. The Morgan fingerprint density at radius 3 is 2.56 bits per heavy atom. The molecule has 4 heteroatoms. The second kappa shape index (κ2) is 8.82. The summed E-state index contributed by atoms with van der Waals surface area (Å²) in [5, 5.41) is 4.79. The molecule has 3 rings (SSSR count). The van der Waals surface area contributed by atoms with Crippen LogP contribution in [0.2, 0.25) is 5.02 Å². The Bertz CT molecular complexity index is 724. The second-order valence-corrected chi connectivity index (χ2v) is 7.01. The predicted molar refractivity (Wildman–Crippen MR) is 103 cm³/mol. The highest BCUT2D eigenvalue weighted by atomic mass is 35.5. The molecule has 130 valence electrons. The number of hydrogen-bond donors (Lipinski definition) is 1. The van der Waals surface area contributed by atoms with E-state index < -0.39 is 0 Å². The molecule has 25 heavy (non-hydrogen) atoms. The first-order valence-corrected chi connectivity index (χ1v) is 9.25. The summed E-state index contributed by atoms with van der Waals surface area (Å²) >= 11 is 5.97. The van der Waals surface area contributed by atoms with Gasteiger partial charge in [-0.3, -0.25) is 4.79 Å². The SMILES string of the molecule is O=C(N/N=C\c1cccc(Cl)c1)[C@@H](c1ccccc1)C1CCCCC1. The van der Waals surface area contributed by atoms with Gasteiger partial charge in [-0.2, -0.15) is 5.10 Å². The molecule has 1 saturated carbocycles. The van der Waals surface area contributed by atoms with Gasteiger partial charge >= 0.3 is 0 Å². The van der Waals surface area contributed by atoms with Crippen molar-refractivity contribution in [1.29, 1.82) is 0 Å². The number of amides is 1. The molecule has 1 aliphatic rings. The molecule has 0 radical (unpaired) electrons. The first-order valence-electron chi connectivity index (χ1n) is 8.87. The van der Waals surface area contributed by atoms with Crippen LogP contribution in [0.5, 0.6) is 0 Å². The summed E-state index contributed by atoms with van der Waals surface area (Å²) in [6.45, 7) is 0. The molecule has 1 N–H and O–H groups in total. The summed E-state index contributed by atoms with van der Waals surface area (Å²) in [5.41, 5.74) is 4.67. The van der Waals surface area contributed by atoms with Crippen molar-refractivity contribution in [3.05, 3.63) is 70.7 Å². The summed E-state index contributed by atoms with van der Waals surface area (Å²) in [5.74, 6) is 0.215. The van der Waals surface area contributed by atoms with Crippen LogP contribution in [0.1, 0.15) is 49.1 Å². The first kappa shape index (κ1) is 17.7. The Labute approximate surface area is 154 Å². The van der Waals surface area contributed by atoms with Gasteiger partial charge in [-0.1, -0.05) is 73.3 Å². The Kier molecular flexibility index (Phi) is 6.24. The van der Waals surface area contributed by atoms with Crippen LogP contribution in [-0.2, 0) is 4.79 Å². The molecular formula is C21H23ClN2O. The lowest BCUT2D eigenvalue weighted by molar-refractivity contribution is -0.124. The van der Waals surface area contributed by atoms with Gasteiger partial charge in [0.25, 0.3) is 0 Å². The molecule has 1 amide bonds. The van der Waals surface area contributed by atoms with Crippen molar-refractivity contribution in [1.82, 2.24) is 5.43 Å². The summed E-state index contributed by atoms with van der Waals surface area (Å²) in [7, 11) is 0. The zero-order valence-electron chi connectivity index (χ0n) is 14.2. The molecule has 0 spiro atoms. The standard InChI is InChI=1S/C21H23ClN2O/c22-19-13-7-8-16(14-19)15-23-24-21(25)20(17-9-3-1-4-10-17)18-11-5-2-6-12-18/h1,3-4,7-10,13-15,18,20H,2,5-6,11-12H2,(H,24,25)/b23-15-/t20-/m0/s1. The zero-order chi connectivity index (χ0) is 17.5. The summed E-state index contributed by atoms with van der Waals surface area (Å²) in [6, 6.07) is 17.4. The minimum Gasteiger partial charge on any atom is -0.272 e. The van der Waals surface area contributed by atoms with Crippen LogP contribution in [0.25, 0.3) is 0 Å². The second-order valence-electron chi connectivity index (χ2n) is 6.58. The Hall–Kier alpha value is -2.13. The maximum Gasteiger partial charge on any atom is 0.247 e. The van der Waals surface area contributed by atoms with E-state index in [2.05, 4.69) is 10.5 Å². The number of rotatable bonds is 5. The van der Waals surface area contributed by atoms with Gasteiger partial charge in [0.2, 0.25) is 5.91 Å². The molecule has 1 fully saturated rings. The lowest BCUT2D eigenvalue weighted by Crippen LogP contribution is -2.31. The molecule has 0 bridgehead atoms. The van der Waals surface area contributed by atoms with Crippen LogP contribution >= 0.6 is 11.6 Å². The van der Waals surface area contributed by atoms with E-state index in [0.29, 0.717) is 10.9 Å². The number of hydrogen-bond acceptors (Lipinski definition) is 2. The maximum absolute atomic E-state index is 12.8. The van der Waals surface area contributed by atoms with Gasteiger partial charge in [0.1, 0.15) is 0 Å². The number of carbonyl (C=O) groups is 1. The number of carbonyl (C=O) groups excluding carboxylic acids is 1. The van der Waals surface area contributed by atoms with E-state index >= 15 is 0 Å². The van der Waals surface area contributed by atoms with Gasteiger partial charge in [-0.05, 0) is 42.0 Å². The number of halogens is 1. The average molecular weight is 355 g/mol. The van der Waals surface area contributed by atoms with E-state index in [1.165, 1.54) is 19.3 Å². The molecule has 1 aliphatic carbocycles. The third kappa shape index (κ3) is 4.93. The number of hydrazone groups is 1. The maximum atomic E-state index is 12.8. The van der Waals surface area contributed by atoms with Crippen molar-refractivity contribution in [2.24, 2.45) is 11.0 Å². The molecule has 0 aliphatic heterocycles. The fourth-order valence-corrected chi connectivity index (χ4v) is 3.79. The van der Waals surface area contributed by atoms with Gasteiger partial charge in [-0.25, -0.2) is 5.43 Å². The fourth-order valence-electron chi connectivity index (χ4n) is 3.59. The van der Waals surface area contributed by atoms with Crippen molar-refractivity contribution in [2.75, 3.05) is 0 Å². The topological polar surface area (TPSA) is 41.5 Å². The van der Waals surface area contributed by atoms with E-state index in [0.717, 1.165) is 24.0 Å². The van der Waals surface area contributed by atoms with E-state index in [-0.39, 0.29) is 11.8 Å². The third-order valence-electron chi connectivity index (χ3n) is 4.80. The molecule has 2 aromatic carbocycles. The Balaban J connectivity index is 1.72. The molecule has 2 aromatic rings. The van der Waals surface area contributed by atoms with Gasteiger partial charge in [0.05, 0.1) is 12.1 Å². The number of nitrogens with one attached hydrogen (secondary N) is 1. The van der Waals surface area contributed by atoms with Crippen molar-refractivity contribution in [2.45, 2.75) is 38.0 Å². The Morgan fingerprint density at radius 1 is 1.08 bits per heavy atom. The van der Waals surface area contributed by atoms with Crippen molar-refractivity contribution < 1.29 is 4.79 Å². The lowest BCUT2D eigenvalue weighted by Gasteiger charge is -2.29. The van der Waals surface area contributed by atoms with Crippen LogP contribution in [0.15, 0.2) is 59.7 Å². The van der Waals surface area contributed by atoms with E-state index in [1.54, 1.807) is 6.21 Å². The van der Waals surface area contributed by atoms with E-state index in [1.807, 2.05) is 54.6 Å². The van der Waals surface area contributed by atoms with Gasteiger partial charge in [0.15, 0.2) is 0 Å². The molecule has 0 aromatic heterocycles. The highest BCUT2D eigenvalue weighted by molar-refractivity contribution is 6.30. The normalized spacial score (nSPS) is 16.7. The molecule has 0 heterocycles. The third-order valence-corrected chi connectivity index (χ3v) is 5.03. The fraction of sp³-hybridized carbons (Fsp3) is 0.333. The minimum atomic E-state index is -0.141. The van der Waals surface area contributed by atoms with Crippen LogP contribution in [0, 0.1) is 5.92 Å². The highest BCUT2D eigenvalue weighted by Gasteiger charge is 2.30. The van der Waals surface area contributed by atoms with E-state index in [9.17, 15) is 4.79 Å². The van der Waals surface area contributed by atoms with Gasteiger partial charge < -0.3 is 0 Å². The largest absolute Gasteiger partial charge is 0.272 e. The van der Waals surface area contributed by atoms with Crippen molar-refractivity contribution in [3.63, 3.8) is 0 Å². The molecule has 0 saturated heterocycles. The molecule has 3 nitrogen and oxygen atoms in total. The first-order chi connectivity index (χ1) is 12.2. The van der Waals surface area contributed by atoms with Crippen molar-refractivity contribution >= 4 is 23.7 Å². The predicted octanol–water partition coefficient (Wildman–Crippen LogP) is 5.15. The Morgan fingerprint density at radius 2 is 1.84 bits per heavy atom. The van der Waals surface area contributed by atoms with Crippen LogP contribution in [0.4, 0.5) is 0 Å². The number of benzene rings is 2. The van der Waals surface area contributed by atoms with Crippen molar-refractivity contribution in [3.8, 4) is 0 Å². The zero-order valence-corrected chi connectivity index (χ0v) is 15.0. The van der Waals surface area contributed by atoms with E-state index in [4.69, 9.17) is 11.6 Å². The molecular weight excluding hydrogens is 332 g/mol. The van der Waals surface area contributed by atoms with Crippen LogP contribution < -0.4 is 5.43 Å². The monoisotopic (exact) mass is 354 g/mol. The summed E-state index contributed by atoms with van der Waals surface area (Å²) in [6.07, 6.45) is 7.51. The van der Waals surface area contributed by atoms with Gasteiger partial charge in [0, 0.05) is 5.02 Å². The van der Waals surface area contributed by atoms with Gasteiger partial charge in [-0.15, -0.1) is 0 Å². The molecule has 1 atom stereocenters. The lowest BCUT2D eigenvalue weighted by atomic mass is 9.76. The summed E-state index contributed by atoms with van der Waals surface area (Å²) in [4.78, 5) is 12.8. The van der Waals surface area contributed by atoms with Crippen LogP contribution in [-0.4, -0.2) is 12.1 Å². The smallest absolute Gasteiger partial charge is 0.247 e. The average Bonchev–Trinajstić information content (AvgIpc) is 2.64. The van der Waals surface area contributed by atoms with Crippen LogP contribution in [0.3, 0.4) is 0 Å². The quantitative estimate of drug-likeness (QED) is 0.585. The molecule has 0 unspecified atom stereocenters.